The summed E-state index contributed by atoms with van der Waals surface area (Å²) in [5.41, 5.74) is 0. The lowest BCUT2D eigenvalue weighted by Crippen LogP contribution is -2.60. The third-order valence-electron chi connectivity index (χ3n) is 2.92. The van der Waals surface area contributed by atoms with Gasteiger partial charge < -0.3 is 30.1 Å². The van der Waals surface area contributed by atoms with Crippen LogP contribution in [0.3, 0.4) is 0 Å². The zero-order valence-electron chi connectivity index (χ0n) is 11.9. The van der Waals surface area contributed by atoms with Gasteiger partial charge in [-0.25, -0.2) is 4.18 Å². The van der Waals surface area contributed by atoms with Gasteiger partial charge in [-0.05, 0) is 6.08 Å². The van der Waals surface area contributed by atoms with Crippen molar-refractivity contribution in [3.8, 4) is 0 Å². The second-order valence-electron chi connectivity index (χ2n) is 4.56. The number of aliphatic hydroxyl groups excluding tert-OH is 3. The lowest BCUT2D eigenvalue weighted by Gasteiger charge is -2.40. The molecule has 1 unspecified atom stereocenters. The van der Waals surface area contributed by atoms with E-state index in [-0.39, 0.29) is 13.2 Å². The molecule has 0 bridgehead atoms. The average Bonchev–Trinajstić information content (AvgIpc) is 2.48. The molecule has 1 aliphatic rings. The lowest BCUT2D eigenvalue weighted by molar-refractivity contribution is -0.296. The molecular formula is C11H19NO10S. The standard InChI is InChI=1S/C11H19NO10S/c1-2-7(14)12-3-4-20-11-9(16)10(22-23(17,18)19)8(15)6(5-13)21-11/h2,6,8-11,13,15-16H,1,3-5H2,(H,12,14)(H,17,18,19)/t6-,8+,9-,10+,11?/m1/s1. The third-order valence-corrected chi connectivity index (χ3v) is 3.39. The Morgan fingerprint density at radius 3 is 2.52 bits per heavy atom. The van der Waals surface area contributed by atoms with Gasteiger partial charge in [-0.3, -0.25) is 9.35 Å². The van der Waals surface area contributed by atoms with E-state index in [4.69, 9.17) is 19.1 Å². The first-order valence-electron chi connectivity index (χ1n) is 6.49. The normalized spacial score (nSPS) is 31.6. The molecule has 0 aliphatic carbocycles. The smallest absolute Gasteiger partial charge is 0.394 e. The second kappa shape index (κ2) is 8.65. The van der Waals surface area contributed by atoms with Gasteiger partial charge in [-0.15, -0.1) is 0 Å². The number of ether oxygens (including phenoxy) is 2. The molecule has 1 amide bonds. The first-order valence-corrected chi connectivity index (χ1v) is 7.86. The van der Waals surface area contributed by atoms with Crippen molar-refractivity contribution in [2.75, 3.05) is 19.8 Å². The summed E-state index contributed by atoms with van der Waals surface area (Å²) in [6.07, 6.45) is -7.02. The molecular weight excluding hydrogens is 338 g/mol. The summed E-state index contributed by atoms with van der Waals surface area (Å²) in [5.74, 6) is -0.449. The van der Waals surface area contributed by atoms with Gasteiger partial charge in [0.15, 0.2) is 6.29 Å². The Labute approximate surface area is 132 Å². The Morgan fingerprint density at radius 2 is 2.00 bits per heavy atom. The molecule has 0 aromatic heterocycles. The van der Waals surface area contributed by atoms with E-state index in [0.717, 1.165) is 6.08 Å². The Balaban J connectivity index is 2.67. The van der Waals surface area contributed by atoms with Crippen LogP contribution in [0.2, 0.25) is 0 Å². The number of aliphatic hydroxyl groups is 3. The summed E-state index contributed by atoms with van der Waals surface area (Å²) in [5, 5.41) is 31.2. The van der Waals surface area contributed by atoms with Crippen molar-refractivity contribution in [2.45, 2.75) is 30.7 Å². The van der Waals surface area contributed by atoms with E-state index in [0.29, 0.717) is 0 Å². The highest BCUT2D eigenvalue weighted by Crippen LogP contribution is 2.25. The fourth-order valence-corrected chi connectivity index (χ4v) is 2.37. The van der Waals surface area contributed by atoms with E-state index >= 15 is 0 Å². The maximum absolute atomic E-state index is 10.9. The van der Waals surface area contributed by atoms with Crippen LogP contribution < -0.4 is 5.32 Å². The first kappa shape index (κ1) is 19.9. The molecule has 12 heteroatoms. The maximum Gasteiger partial charge on any atom is 0.397 e. The van der Waals surface area contributed by atoms with Crippen molar-refractivity contribution >= 4 is 16.3 Å². The molecule has 0 aromatic rings. The van der Waals surface area contributed by atoms with Crippen LogP contribution in [0.4, 0.5) is 0 Å². The summed E-state index contributed by atoms with van der Waals surface area (Å²) in [6, 6.07) is 0. The van der Waals surface area contributed by atoms with E-state index in [1.165, 1.54) is 0 Å². The van der Waals surface area contributed by atoms with Gasteiger partial charge in [0.2, 0.25) is 5.91 Å². The number of rotatable bonds is 8. The Kier molecular flexibility index (Phi) is 7.50. The quantitative estimate of drug-likeness (QED) is 0.170. The minimum absolute atomic E-state index is 0.0353. The van der Waals surface area contributed by atoms with E-state index in [9.17, 15) is 23.4 Å². The van der Waals surface area contributed by atoms with Crippen molar-refractivity contribution in [3.05, 3.63) is 12.7 Å². The van der Waals surface area contributed by atoms with Crippen molar-refractivity contribution in [2.24, 2.45) is 0 Å². The topological polar surface area (TPSA) is 172 Å². The monoisotopic (exact) mass is 357 g/mol. The fourth-order valence-electron chi connectivity index (χ4n) is 1.87. The lowest BCUT2D eigenvalue weighted by atomic mass is 9.99. The van der Waals surface area contributed by atoms with Gasteiger partial charge in [-0.1, -0.05) is 6.58 Å². The van der Waals surface area contributed by atoms with Crippen LogP contribution in [0.1, 0.15) is 0 Å². The fraction of sp³-hybridized carbons (Fsp3) is 0.727. The Hall–Kier alpha value is -1.12. The van der Waals surface area contributed by atoms with Gasteiger partial charge in [0, 0.05) is 6.54 Å². The van der Waals surface area contributed by atoms with Crippen LogP contribution in [0.15, 0.2) is 12.7 Å². The molecule has 1 fully saturated rings. The highest BCUT2D eigenvalue weighted by atomic mass is 32.3. The SMILES string of the molecule is C=CC(=O)NCCOC1O[C@H](CO)[C@H](O)[C@H](OS(=O)(=O)O)[C@H]1O. The number of carbonyl (C=O) groups excluding carboxylic acids is 1. The number of hydrogen-bond acceptors (Lipinski definition) is 9. The molecule has 23 heavy (non-hydrogen) atoms. The van der Waals surface area contributed by atoms with E-state index in [2.05, 4.69) is 16.1 Å². The highest BCUT2D eigenvalue weighted by Gasteiger charge is 2.47. The number of hydrogen-bond donors (Lipinski definition) is 5. The van der Waals surface area contributed by atoms with Gasteiger partial charge >= 0.3 is 10.4 Å². The van der Waals surface area contributed by atoms with Crippen LogP contribution in [0.5, 0.6) is 0 Å². The van der Waals surface area contributed by atoms with Crippen molar-refractivity contribution in [3.63, 3.8) is 0 Å². The van der Waals surface area contributed by atoms with E-state index < -0.39 is 53.6 Å². The molecule has 1 saturated heterocycles. The van der Waals surface area contributed by atoms with Gasteiger partial charge in [0.1, 0.15) is 24.4 Å². The predicted octanol–water partition coefficient (Wildman–Crippen LogP) is -3.07. The molecule has 5 N–H and O–H groups in total. The summed E-state index contributed by atoms with van der Waals surface area (Å²) < 4.78 is 44.6. The maximum atomic E-state index is 10.9. The van der Waals surface area contributed by atoms with E-state index in [1.807, 2.05) is 0 Å². The second-order valence-corrected chi connectivity index (χ2v) is 5.61. The molecule has 0 aromatic carbocycles. The molecule has 0 saturated carbocycles. The summed E-state index contributed by atoms with van der Waals surface area (Å²) in [4.78, 5) is 10.9. The third kappa shape index (κ3) is 6.12. The molecule has 11 nitrogen and oxygen atoms in total. The first-order chi connectivity index (χ1) is 10.7. The molecule has 134 valence electrons. The molecule has 0 radical (unpaired) electrons. The van der Waals surface area contributed by atoms with Crippen molar-refractivity contribution < 1.29 is 46.7 Å². The zero-order chi connectivity index (χ0) is 17.6. The average molecular weight is 357 g/mol. The van der Waals surface area contributed by atoms with Crippen molar-refractivity contribution in [1.82, 2.24) is 5.32 Å². The zero-order valence-corrected chi connectivity index (χ0v) is 12.8. The number of carbonyl (C=O) groups is 1. The minimum atomic E-state index is -4.97. The summed E-state index contributed by atoms with van der Waals surface area (Å²) in [7, 11) is -4.97. The van der Waals surface area contributed by atoms with Gasteiger partial charge in [-0.2, -0.15) is 8.42 Å². The van der Waals surface area contributed by atoms with Crippen LogP contribution in [0, 0.1) is 0 Å². The predicted molar refractivity (Wildman–Crippen MR) is 73.3 cm³/mol. The molecule has 1 aliphatic heterocycles. The van der Waals surface area contributed by atoms with Crippen molar-refractivity contribution in [1.29, 1.82) is 0 Å². The molecule has 5 atom stereocenters. The largest absolute Gasteiger partial charge is 0.397 e. The highest BCUT2D eigenvalue weighted by molar-refractivity contribution is 7.80. The van der Waals surface area contributed by atoms with Crippen LogP contribution in [-0.4, -0.2) is 84.7 Å². The molecule has 1 rings (SSSR count). The van der Waals surface area contributed by atoms with Crippen LogP contribution in [0.25, 0.3) is 0 Å². The van der Waals surface area contributed by atoms with E-state index in [1.54, 1.807) is 0 Å². The summed E-state index contributed by atoms with van der Waals surface area (Å²) in [6.45, 7) is 2.43. The summed E-state index contributed by atoms with van der Waals surface area (Å²) >= 11 is 0. The van der Waals surface area contributed by atoms with Gasteiger partial charge in [0.05, 0.1) is 13.2 Å². The minimum Gasteiger partial charge on any atom is -0.394 e. The Bertz CT molecular complexity index is 509. The Morgan fingerprint density at radius 1 is 1.35 bits per heavy atom. The number of nitrogens with one attached hydrogen (secondary N) is 1. The molecule has 1 heterocycles. The van der Waals surface area contributed by atoms with Gasteiger partial charge in [0.25, 0.3) is 0 Å². The van der Waals surface area contributed by atoms with Crippen LogP contribution >= 0.6 is 0 Å². The molecule has 0 spiro atoms. The number of amides is 1. The van der Waals surface area contributed by atoms with Crippen LogP contribution in [-0.2, 0) is 28.9 Å².